The number of halogens is 4. The maximum atomic E-state index is 12.7. The van der Waals surface area contributed by atoms with E-state index in [1.807, 2.05) is 0 Å². The SMILES string of the molecule is O=C(Nc1ccc(Br)cc1)c1cccn(Cc2ccc(C(F)(F)F)cc2)c1=O. The van der Waals surface area contributed by atoms with E-state index in [2.05, 4.69) is 21.2 Å². The molecule has 0 aliphatic heterocycles. The van der Waals surface area contributed by atoms with Gasteiger partial charge in [0.1, 0.15) is 5.56 Å². The molecule has 0 saturated carbocycles. The van der Waals surface area contributed by atoms with Crippen molar-refractivity contribution < 1.29 is 18.0 Å². The summed E-state index contributed by atoms with van der Waals surface area (Å²) in [5.41, 5.74) is -0.299. The topological polar surface area (TPSA) is 51.1 Å². The van der Waals surface area contributed by atoms with Crippen LogP contribution in [0.15, 0.2) is 76.1 Å². The molecule has 28 heavy (non-hydrogen) atoms. The second-order valence-electron chi connectivity index (χ2n) is 6.01. The molecule has 0 aliphatic rings. The summed E-state index contributed by atoms with van der Waals surface area (Å²) < 4.78 is 40.1. The molecule has 0 aliphatic carbocycles. The molecule has 1 amide bonds. The number of pyridine rings is 1. The highest BCUT2D eigenvalue weighted by atomic mass is 79.9. The second-order valence-corrected chi connectivity index (χ2v) is 6.93. The van der Waals surface area contributed by atoms with Gasteiger partial charge in [0, 0.05) is 16.4 Å². The minimum absolute atomic E-state index is 0.0520. The summed E-state index contributed by atoms with van der Waals surface area (Å²) in [5.74, 6) is -0.561. The second kappa shape index (κ2) is 8.02. The number of alkyl halides is 3. The van der Waals surface area contributed by atoms with Crippen molar-refractivity contribution in [3.05, 3.63) is 98.4 Å². The van der Waals surface area contributed by atoms with Crippen molar-refractivity contribution in [3.8, 4) is 0 Å². The number of carbonyl (C=O) groups is 1. The van der Waals surface area contributed by atoms with Crippen LogP contribution in [0.25, 0.3) is 0 Å². The van der Waals surface area contributed by atoms with Crippen LogP contribution in [0.4, 0.5) is 18.9 Å². The van der Waals surface area contributed by atoms with Crippen LogP contribution in [-0.2, 0) is 12.7 Å². The van der Waals surface area contributed by atoms with Crippen molar-refractivity contribution >= 4 is 27.5 Å². The first-order chi connectivity index (χ1) is 13.2. The molecular weight excluding hydrogens is 437 g/mol. The van der Waals surface area contributed by atoms with Crippen molar-refractivity contribution in [2.75, 3.05) is 5.32 Å². The third-order valence-corrected chi connectivity index (χ3v) is 4.53. The average Bonchev–Trinajstić information content (AvgIpc) is 2.65. The number of hydrogen-bond acceptors (Lipinski definition) is 2. The smallest absolute Gasteiger partial charge is 0.322 e. The van der Waals surface area contributed by atoms with Crippen LogP contribution in [0.2, 0.25) is 0 Å². The van der Waals surface area contributed by atoms with Gasteiger partial charge in [0.2, 0.25) is 0 Å². The van der Waals surface area contributed by atoms with Gasteiger partial charge >= 0.3 is 6.18 Å². The van der Waals surface area contributed by atoms with Gasteiger partial charge in [-0.15, -0.1) is 0 Å². The first kappa shape index (κ1) is 19.9. The third-order valence-electron chi connectivity index (χ3n) is 4.00. The van der Waals surface area contributed by atoms with Gasteiger partial charge in [0.15, 0.2) is 0 Å². The molecule has 144 valence electrons. The minimum atomic E-state index is -4.42. The number of nitrogens with zero attached hydrogens (tertiary/aromatic N) is 1. The summed E-state index contributed by atoms with van der Waals surface area (Å²) in [5, 5.41) is 2.64. The number of amides is 1. The van der Waals surface area contributed by atoms with Crippen LogP contribution in [0.1, 0.15) is 21.5 Å². The molecule has 1 aromatic heterocycles. The van der Waals surface area contributed by atoms with Gasteiger partial charge in [-0.2, -0.15) is 13.2 Å². The van der Waals surface area contributed by atoms with Gasteiger partial charge in [-0.3, -0.25) is 9.59 Å². The Morgan fingerprint density at radius 3 is 2.25 bits per heavy atom. The lowest BCUT2D eigenvalue weighted by Gasteiger charge is -2.10. The maximum Gasteiger partial charge on any atom is 0.416 e. The van der Waals surface area contributed by atoms with Gasteiger partial charge in [-0.25, -0.2) is 0 Å². The monoisotopic (exact) mass is 450 g/mol. The zero-order valence-electron chi connectivity index (χ0n) is 14.3. The van der Waals surface area contributed by atoms with E-state index >= 15 is 0 Å². The number of rotatable bonds is 4. The number of nitrogens with one attached hydrogen (secondary N) is 1. The summed E-state index contributed by atoms with van der Waals surface area (Å²) in [7, 11) is 0. The van der Waals surface area contributed by atoms with E-state index in [0.717, 1.165) is 16.6 Å². The third kappa shape index (κ3) is 4.69. The first-order valence-corrected chi connectivity index (χ1v) is 8.96. The molecule has 0 unspecified atom stereocenters. The van der Waals surface area contributed by atoms with Crippen molar-refractivity contribution in [1.29, 1.82) is 0 Å². The molecule has 0 atom stereocenters. The quantitative estimate of drug-likeness (QED) is 0.612. The van der Waals surface area contributed by atoms with E-state index in [-0.39, 0.29) is 12.1 Å². The highest BCUT2D eigenvalue weighted by molar-refractivity contribution is 9.10. The molecule has 2 aromatic carbocycles. The standard InChI is InChI=1S/C20H14BrF3N2O2/c21-15-7-9-16(10-8-15)25-18(27)17-2-1-11-26(19(17)28)12-13-3-5-14(6-4-13)20(22,23)24/h1-11H,12H2,(H,25,27). The van der Waals surface area contributed by atoms with E-state index in [4.69, 9.17) is 0 Å². The molecule has 0 fully saturated rings. The van der Waals surface area contributed by atoms with E-state index in [1.54, 1.807) is 30.3 Å². The molecule has 0 spiro atoms. The van der Waals surface area contributed by atoms with Crippen LogP contribution in [-0.4, -0.2) is 10.5 Å². The van der Waals surface area contributed by atoms with Crippen LogP contribution in [0, 0.1) is 0 Å². The Hall–Kier alpha value is -2.87. The Morgan fingerprint density at radius 1 is 1.00 bits per heavy atom. The molecule has 3 rings (SSSR count). The molecule has 0 radical (unpaired) electrons. The van der Waals surface area contributed by atoms with Gasteiger partial charge in [-0.1, -0.05) is 28.1 Å². The fraction of sp³-hybridized carbons (Fsp3) is 0.100. The van der Waals surface area contributed by atoms with Crippen molar-refractivity contribution in [2.45, 2.75) is 12.7 Å². The van der Waals surface area contributed by atoms with Gasteiger partial charge < -0.3 is 9.88 Å². The Balaban J connectivity index is 1.80. The summed E-state index contributed by atoms with van der Waals surface area (Å²) in [6.07, 6.45) is -2.93. The number of anilines is 1. The van der Waals surface area contributed by atoms with E-state index in [0.29, 0.717) is 11.3 Å². The zero-order chi connectivity index (χ0) is 20.3. The molecule has 3 aromatic rings. The summed E-state index contributed by atoms with van der Waals surface area (Å²) in [6, 6.07) is 14.4. The number of hydrogen-bond donors (Lipinski definition) is 1. The van der Waals surface area contributed by atoms with E-state index in [1.165, 1.54) is 29.0 Å². The molecule has 0 saturated heterocycles. The Morgan fingerprint density at radius 2 is 1.64 bits per heavy atom. The minimum Gasteiger partial charge on any atom is -0.322 e. The molecule has 0 bridgehead atoms. The fourth-order valence-corrected chi connectivity index (χ4v) is 2.83. The van der Waals surface area contributed by atoms with Crippen LogP contribution >= 0.6 is 15.9 Å². The predicted octanol–water partition coefficient (Wildman–Crippen LogP) is 4.93. The van der Waals surface area contributed by atoms with Crippen molar-refractivity contribution in [1.82, 2.24) is 4.57 Å². The normalized spacial score (nSPS) is 11.3. The predicted molar refractivity (Wildman–Crippen MR) is 103 cm³/mol. The lowest BCUT2D eigenvalue weighted by Crippen LogP contribution is -2.29. The fourth-order valence-electron chi connectivity index (χ4n) is 2.56. The molecule has 1 N–H and O–H groups in total. The molecule has 1 heterocycles. The van der Waals surface area contributed by atoms with Crippen molar-refractivity contribution in [3.63, 3.8) is 0 Å². The summed E-state index contributed by atoms with van der Waals surface area (Å²) >= 11 is 3.30. The van der Waals surface area contributed by atoms with Crippen molar-refractivity contribution in [2.24, 2.45) is 0 Å². The van der Waals surface area contributed by atoms with Crippen LogP contribution in [0.5, 0.6) is 0 Å². The van der Waals surface area contributed by atoms with Crippen LogP contribution in [0.3, 0.4) is 0 Å². The molecule has 8 heteroatoms. The maximum absolute atomic E-state index is 12.7. The molecular formula is C20H14BrF3N2O2. The highest BCUT2D eigenvalue weighted by Gasteiger charge is 2.29. The number of carbonyl (C=O) groups excluding carboxylic acids is 1. The summed E-state index contributed by atoms with van der Waals surface area (Å²) in [6.45, 7) is 0.0520. The lowest BCUT2D eigenvalue weighted by atomic mass is 10.1. The zero-order valence-corrected chi connectivity index (χ0v) is 15.9. The highest BCUT2D eigenvalue weighted by Crippen LogP contribution is 2.29. The summed E-state index contributed by atoms with van der Waals surface area (Å²) in [4.78, 5) is 25.0. The number of benzene rings is 2. The molecule has 4 nitrogen and oxygen atoms in total. The Kier molecular flexibility index (Phi) is 5.69. The lowest BCUT2D eigenvalue weighted by molar-refractivity contribution is -0.137. The average molecular weight is 451 g/mol. The van der Waals surface area contributed by atoms with E-state index < -0.39 is 23.2 Å². The Bertz CT molecular complexity index is 1040. The van der Waals surface area contributed by atoms with Gasteiger partial charge in [0.05, 0.1) is 12.1 Å². The first-order valence-electron chi connectivity index (χ1n) is 8.16. The largest absolute Gasteiger partial charge is 0.416 e. The van der Waals surface area contributed by atoms with Gasteiger partial charge in [0.25, 0.3) is 11.5 Å². The van der Waals surface area contributed by atoms with E-state index in [9.17, 15) is 22.8 Å². The van der Waals surface area contributed by atoms with Gasteiger partial charge in [-0.05, 0) is 54.1 Å². The Labute approximate surface area is 166 Å². The van der Waals surface area contributed by atoms with Crippen LogP contribution < -0.4 is 10.9 Å². The number of aromatic nitrogens is 1.